The lowest BCUT2D eigenvalue weighted by atomic mass is 9.79. The Morgan fingerprint density at radius 1 is 1.31 bits per heavy atom. The maximum absolute atomic E-state index is 13.1. The van der Waals surface area contributed by atoms with Gasteiger partial charge in [-0.15, -0.1) is 11.3 Å². The van der Waals surface area contributed by atoms with Crippen molar-refractivity contribution in [1.29, 1.82) is 0 Å². The molecule has 1 aliphatic carbocycles. The molecule has 1 aromatic heterocycles. The van der Waals surface area contributed by atoms with Gasteiger partial charge < -0.3 is 9.84 Å². The molecule has 6 nitrogen and oxygen atoms in total. The Balaban J connectivity index is 1.76. The monoisotopic (exact) mass is 513 g/mol. The SMILES string of the molecule is CCCCC(CCO)(NCC(=O)C1=NC=C(C2CCC2)C(OCC(F)(F)F)=CC1)c1ncc(C)s1. The Hall–Kier alpha value is -2.04. The van der Waals surface area contributed by atoms with E-state index in [0.29, 0.717) is 12.0 Å². The first-order chi connectivity index (χ1) is 16.7. The molecule has 10 heteroatoms. The van der Waals surface area contributed by atoms with E-state index in [0.717, 1.165) is 48.4 Å². The maximum Gasteiger partial charge on any atom is 0.422 e. The van der Waals surface area contributed by atoms with Gasteiger partial charge in [0.1, 0.15) is 10.8 Å². The molecule has 2 heterocycles. The number of halogens is 3. The van der Waals surface area contributed by atoms with Crippen LogP contribution in [0.25, 0.3) is 0 Å². The molecule has 35 heavy (non-hydrogen) atoms. The van der Waals surface area contributed by atoms with E-state index in [1.165, 1.54) is 6.20 Å². The van der Waals surface area contributed by atoms with Crippen LogP contribution < -0.4 is 5.32 Å². The third-order valence-electron chi connectivity index (χ3n) is 6.50. The van der Waals surface area contributed by atoms with Crippen LogP contribution in [0.4, 0.5) is 13.2 Å². The summed E-state index contributed by atoms with van der Waals surface area (Å²) in [6.45, 7) is 2.61. The van der Waals surface area contributed by atoms with Crippen molar-refractivity contribution in [3.05, 3.63) is 39.7 Å². The van der Waals surface area contributed by atoms with Crippen LogP contribution in [0.5, 0.6) is 0 Å². The number of carbonyl (C=O) groups is 1. The van der Waals surface area contributed by atoms with Crippen LogP contribution in [0.2, 0.25) is 0 Å². The number of aromatic nitrogens is 1. The summed E-state index contributed by atoms with van der Waals surface area (Å²) in [7, 11) is 0. The van der Waals surface area contributed by atoms with Gasteiger partial charge in [0.05, 0.1) is 17.8 Å². The number of aryl methyl sites for hydroxylation is 1. The summed E-state index contributed by atoms with van der Waals surface area (Å²) in [5.41, 5.74) is 0.268. The van der Waals surface area contributed by atoms with Gasteiger partial charge >= 0.3 is 6.18 Å². The van der Waals surface area contributed by atoms with Gasteiger partial charge in [0, 0.05) is 35.9 Å². The molecule has 3 rings (SSSR count). The summed E-state index contributed by atoms with van der Waals surface area (Å²) in [4.78, 5) is 23.1. The molecule has 194 valence electrons. The number of unbranched alkanes of at least 4 members (excludes halogenated alkanes) is 1. The molecule has 2 aliphatic rings. The number of hydrogen-bond acceptors (Lipinski definition) is 7. The van der Waals surface area contributed by atoms with E-state index < -0.39 is 18.3 Å². The molecule has 0 spiro atoms. The zero-order chi connectivity index (χ0) is 25.5. The number of aliphatic hydroxyl groups is 1. The topological polar surface area (TPSA) is 83.8 Å². The van der Waals surface area contributed by atoms with Gasteiger partial charge in [-0.3, -0.25) is 15.1 Å². The second-order valence-corrected chi connectivity index (χ2v) is 10.4. The van der Waals surface area contributed by atoms with Crippen molar-refractivity contribution in [2.24, 2.45) is 10.9 Å². The highest BCUT2D eigenvalue weighted by Crippen LogP contribution is 2.38. The van der Waals surface area contributed by atoms with Gasteiger partial charge in [-0.05, 0) is 44.6 Å². The number of carbonyl (C=O) groups excluding carboxylic acids is 1. The quantitative estimate of drug-likeness (QED) is 0.371. The number of nitrogens with zero attached hydrogens (tertiary/aromatic N) is 2. The van der Waals surface area contributed by atoms with Crippen molar-refractivity contribution in [2.75, 3.05) is 19.8 Å². The fourth-order valence-electron chi connectivity index (χ4n) is 4.27. The Labute approximate surface area is 208 Å². The minimum absolute atomic E-state index is 0.0135. The Morgan fingerprint density at radius 2 is 2.09 bits per heavy atom. The van der Waals surface area contributed by atoms with Crippen LogP contribution in [0.1, 0.15) is 68.2 Å². The molecule has 1 saturated carbocycles. The number of Topliss-reactive ketones (excluding diaryl/α,β-unsaturated/α-hetero) is 1. The van der Waals surface area contributed by atoms with Gasteiger partial charge in [-0.25, -0.2) is 4.98 Å². The molecular formula is C25H34F3N3O3S. The summed E-state index contributed by atoms with van der Waals surface area (Å²) in [6, 6.07) is 0. The van der Waals surface area contributed by atoms with Gasteiger partial charge in [0.25, 0.3) is 0 Å². The van der Waals surface area contributed by atoms with Crippen molar-refractivity contribution in [3.8, 4) is 0 Å². The number of hydrogen-bond donors (Lipinski definition) is 2. The fraction of sp³-hybridized carbons (Fsp3) is 0.640. The number of ketones is 1. The van der Waals surface area contributed by atoms with Crippen molar-refractivity contribution in [2.45, 2.75) is 76.9 Å². The minimum atomic E-state index is -4.44. The average Bonchev–Trinajstić information content (AvgIpc) is 3.10. The van der Waals surface area contributed by atoms with E-state index in [1.807, 2.05) is 6.92 Å². The summed E-state index contributed by atoms with van der Waals surface area (Å²) < 4.78 is 43.4. The molecular weight excluding hydrogens is 479 g/mol. The van der Waals surface area contributed by atoms with Crippen LogP contribution in [-0.4, -0.2) is 47.5 Å². The predicted molar refractivity (Wildman–Crippen MR) is 130 cm³/mol. The number of aliphatic imine (C=N–C) groups is 1. The van der Waals surface area contributed by atoms with E-state index in [2.05, 4.69) is 22.2 Å². The van der Waals surface area contributed by atoms with Gasteiger partial charge in [-0.1, -0.05) is 26.2 Å². The summed E-state index contributed by atoms with van der Waals surface area (Å²) in [5.74, 6) is 0.0298. The van der Waals surface area contributed by atoms with E-state index in [-0.39, 0.29) is 42.7 Å². The number of nitrogens with one attached hydrogen (secondary N) is 1. The highest BCUT2D eigenvalue weighted by atomic mass is 32.1. The van der Waals surface area contributed by atoms with E-state index >= 15 is 0 Å². The third kappa shape index (κ3) is 7.47. The standard InChI is InChI=1S/C25H34F3N3O3S/c1-3-4-10-24(11-12-32,23-30-13-17(2)35-23)31-15-21(33)20-8-9-22(34-16-25(26,27)28)19(14-29-20)18-6-5-7-18/h9,13-14,18,31-32H,3-8,10-12,15-16H2,1-2H3. The minimum Gasteiger partial charge on any atom is -0.484 e. The summed E-state index contributed by atoms with van der Waals surface area (Å²) in [6.07, 6.45) is 6.24. The largest absolute Gasteiger partial charge is 0.484 e. The van der Waals surface area contributed by atoms with E-state index in [1.54, 1.807) is 23.6 Å². The Kier molecular flexibility index (Phi) is 9.66. The van der Waals surface area contributed by atoms with Crippen LogP contribution >= 0.6 is 11.3 Å². The van der Waals surface area contributed by atoms with Crippen LogP contribution in [0.3, 0.4) is 0 Å². The molecule has 1 aliphatic heterocycles. The molecule has 0 saturated heterocycles. The van der Waals surface area contributed by atoms with Crippen LogP contribution in [0.15, 0.2) is 34.8 Å². The number of ether oxygens (including phenoxy) is 1. The van der Waals surface area contributed by atoms with Crippen molar-refractivity contribution in [3.63, 3.8) is 0 Å². The lowest BCUT2D eigenvalue weighted by Gasteiger charge is -2.32. The first-order valence-corrected chi connectivity index (χ1v) is 13.0. The normalized spacial score (nSPS) is 18.6. The molecule has 2 N–H and O–H groups in total. The Morgan fingerprint density at radius 3 is 2.66 bits per heavy atom. The van der Waals surface area contributed by atoms with E-state index in [9.17, 15) is 23.1 Å². The highest BCUT2D eigenvalue weighted by molar-refractivity contribution is 7.11. The second kappa shape index (κ2) is 12.3. The van der Waals surface area contributed by atoms with Crippen molar-refractivity contribution in [1.82, 2.24) is 10.3 Å². The molecule has 0 radical (unpaired) electrons. The summed E-state index contributed by atoms with van der Waals surface area (Å²) >= 11 is 1.54. The zero-order valence-corrected chi connectivity index (χ0v) is 21.1. The zero-order valence-electron chi connectivity index (χ0n) is 20.3. The van der Waals surface area contributed by atoms with E-state index in [4.69, 9.17) is 4.74 Å². The molecule has 1 fully saturated rings. The average molecular weight is 514 g/mol. The molecule has 1 aromatic rings. The van der Waals surface area contributed by atoms with Gasteiger partial charge in [-0.2, -0.15) is 13.2 Å². The number of thiazole rings is 1. The van der Waals surface area contributed by atoms with Crippen LogP contribution in [-0.2, 0) is 15.1 Å². The number of rotatable bonds is 13. The molecule has 0 aromatic carbocycles. The predicted octanol–water partition coefficient (Wildman–Crippen LogP) is 5.37. The number of aliphatic hydroxyl groups excluding tert-OH is 1. The fourth-order valence-corrected chi connectivity index (χ4v) is 5.26. The highest BCUT2D eigenvalue weighted by Gasteiger charge is 2.35. The number of allylic oxidation sites excluding steroid dienone is 2. The van der Waals surface area contributed by atoms with Crippen molar-refractivity contribution >= 4 is 22.8 Å². The Bertz CT molecular complexity index is 967. The van der Waals surface area contributed by atoms with Crippen molar-refractivity contribution < 1.29 is 27.8 Å². The number of alkyl halides is 3. The van der Waals surface area contributed by atoms with Gasteiger partial charge in [0.15, 0.2) is 12.4 Å². The lowest BCUT2D eigenvalue weighted by Crippen LogP contribution is -2.46. The first kappa shape index (κ1) is 27.5. The summed E-state index contributed by atoms with van der Waals surface area (Å²) in [5, 5.41) is 14.0. The molecule has 0 amide bonds. The molecule has 0 bridgehead atoms. The maximum atomic E-state index is 13.1. The smallest absolute Gasteiger partial charge is 0.422 e. The third-order valence-corrected chi connectivity index (χ3v) is 7.61. The second-order valence-electron chi connectivity index (χ2n) is 9.18. The molecule has 1 unspecified atom stereocenters. The first-order valence-electron chi connectivity index (χ1n) is 12.2. The van der Waals surface area contributed by atoms with Gasteiger partial charge in [0.2, 0.25) is 0 Å². The molecule has 1 atom stereocenters. The lowest BCUT2D eigenvalue weighted by molar-refractivity contribution is -0.164. The van der Waals surface area contributed by atoms with Crippen LogP contribution in [0, 0.1) is 12.8 Å².